The summed E-state index contributed by atoms with van der Waals surface area (Å²) >= 11 is 0. The minimum atomic E-state index is -2.12. The van der Waals surface area contributed by atoms with Gasteiger partial charge in [-0.05, 0) is 118 Å². The van der Waals surface area contributed by atoms with Gasteiger partial charge in [0.1, 0.15) is 109 Å². The molecule has 17 N–H and O–H groups in total. The van der Waals surface area contributed by atoms with E-state index in [9.17, 15) is 96.4 Å². The molecule has 0 spiro atoms. The molecule has 33 heteroatoms. The molecule has 0 aromatic rings. The van der Waals surface area contributed by atoms with Crippen molar-refractivity contribution in [3.8, 4) is 0 Å². The van der Waals surface area contributed by atoms with E-state index in [1.165, 1.54) is 13.8 Å². The molecule has 5 aliphatic carbocycles. The van der Waals surface area contributed by atoms with E-state index in [-0.39, 0.29) is 25.2 Å². The molecule has 33 nitrogen and oxygen atoms in total. The first-order valence-corrected chi connectivity index (χ1v) is 34.1. The molecule has 0 aromatic carbocycles. The van der Waals surface area contributed by atoms with Gasteiger partial charge in [-0.3, -0.25) is 9.59 Å². The maximum absolute atomic E-state index is 16.1. The van der Waals surface area contributed by atoms with Crippen LogP contribution < -0.4 is 0 Å². The zero-order chi connectivity index (χ0) is 71.7. The highest BCUT2D eigenvalue weighted by molar-refractivity contribution is 5.80. The van der Waals surface area contributed by atoms with Crippen molar-refractivity contribution < 1.29 is 163 Å². The highest BCUT2D eigenvalue weighted by atomic mass is 16.8. The van der Waals surface area contributed by atoms with Crippen LogP contribution in [0.1, 0.15) is 120 Å². The molecule has 6 heterocycles. The van der Waals surface area contributed by atoms with Gasteiger partial charge >= 0.3 is 17.9 Å². The van der Waals surface area contributed by atoms with Crippen molar-refractivity contribution in [1.29, 1.82) is 0 Å². The Hall–Kier alpha value is -2.93. The number of carboxylic acid groups (broad SMARTS) is 1. The molecule has 38 atom stereocenters. The van der Waals surface area contributed by atoms with Crippen molar-refractivity contribution in [2.75, 3.05) is 19.8 Å². The minimum absolute atomic E-state index is 0.0332. The van der Waals surface area contributed by atoms with Gasteiger partial charge in [-0.25, -0.2) is 4.79 Å². The molecule has 0 bridgehead atoms. The van der Waals surface area contributed by atoms with Crippen LogP contribution in [0, 0.1) is 44.8 Å². The molecule has 11 aliphatic rings. The molecule has 0 radical (unpaired) electrons. The van der Waals surface area contributed by atoms with E-state index >= 15 is 4.79 Å². The molecule has 0 amide bonds. The first-order chi connectivity index (χ1) is 45.8. The lowest BCUT2D eigenvalue weighted by atomic mass is 9.34. The Morgan fingerprint density at radius 2 is 1.08 bits per heavy atom. The smallest absolute Gasteiger partial charge is 0.335 e. The molecule has 98 heavy (non-hydrogen) atoms. The van der Waals surface area contributed by atoms with Gasteiger partial charge < -0.3 is 148 Å². The van der Waals surface area contributed by atoms with Crippen LogP contribution in [0.4, 0.5) is 0 Å². The number of carbonyl (C=O) groups excluding carboxylic acids is 2. The van der Waals surface area contributed by atoms with Gasteiger partial charge in [0, 0.05) is 6.92 Å². The van der Waals surface area contributed by atoms with Gasteiger partial charge in [-0.2, -0.15) is 0 Å². The van der Waals surface area contributed by atoms with Gasteiger partial charge in [0.15, 0.2) is 49.8 Å². The highest BCUT2D eigenvalue weighted by Gasteiger charge is 2.73. The second-order valence-corrected chi connectivity index (χ2v) is 31.0. The zero-order valence-electron chi connectivity index (χ0n) is 56.2. The maximum atomic E-state index is 16.1. The van der Waals surface area contributed by atoms with E-state index in [1.54, 1.807) is 6.92 Å². The summed E-state index contributed by atoms with van der Waals surface area (Å²) in [5, 5.41) is 188. The number of allylic oxidation sites excluding steroid dienone is 2. The fraction of sp³-hybridized carbons (Fsp3) is 0.923. The molecular weight excluding hydrogens is 1310 g/mol. The number of fused-ring (bicyclic) bond motifs is 7. The number of carboxylic acids is 1. The van der Waals surface area contributed by atoms with E-state index in [0.717, 1.165) is 12.5 Å². The van der Waals surface area contributed by atoms with Crippen LogP contribution in [-0.4, -0.2) is 314 Å². The lowest BCUT2D eigenvalue weighted by Crippen LogP contribution is -2.70. The van der Waals surface area contributed by atoms with Crippen molar-refractivity contribution >= 4 is 17.9 Å². The van der Waals surface area contributed by atoms with Gasteiger partial charge in [-0.15, -0.1) is 0 Å². The number of rotatable bonds is 16. The number of carbonyl (C=O) groups is 3. The van der Waals surface area contributed by atoms with Crippen LogP contribution in [0.2, 0.25) is 0 Å². The molecule has 6 saturated heterocycles. The number of hydrogen-bond donors (Lipinski definition) is 17. The van der Waals surface area contributed by atoms with E-state index in [0.29, 0.717) is 38.5 Å². The lowest BCUT2D eigenvalue weighted by molar-refractivity contribution is -0.382. The van der Waals surface area contributed by atoms with Crippen molar-refractivity contribution in [2.45, 2.75) is 310 Å². The van der Waals surface area contributed by atoms with Crippen LogP contribution in [0.25, 0.3) is 0 Å². The summed E-state index contributed by atoms with van der Waals surface area (Å²) < 4.78 is 78.6. The second-order valence-electron chi connectivity index (χ2n) is 31.0. The van der Waals surface area contributed by atoms with Crippen LogP contribution in [-0.2, 0) is 76.0 Å². The average Bonchev–Trinajstić information content (AvgIpc) is 0.727. The SMILES string of the molecule is CC(=O)O[C@@H]1[C@H](O[C@@H]2O[C@H](CO)[C@H](O)[C@H]2O)[C@@H](O[C@@H]2O[C@@H](C)[C@H](O[C@@H]3OC[C@@H](O)[C@H](O)[C@H]3O)[C@@H](O)[C@H]2O)[C@H](OC(=O)[C@]23CCC(C)(C)C[C@H]2C2=CC[C@H]4[C@@]5(C)CC[C@H](O[C@@H]6O[C@H](C(=O)O)[C@@H](O)[C@H](O)[C@H]6O[C@@H]6O[C@H](CO)[C@H](O)[C@H](O)[C@H]6O)[C@@](C)(O)[C@@H]5CC[C@@]4(C)[C@]2(C)C[C@H]3O)O[C@@H]1C. The first kappa shape index (κ1) is 76.2. The lowest BCUT2D eigenvalue weighted by Gasteiger charge is -2.71. The molecule has 6 aliphatic heterocycles. The summed E-state index contributed by atoms with van der Waals surface area (Å²) in [5.74, 6) is -4.91. The number of esters is 2. The summed E-state index contributed by atoms with van der Waals surface area (Å²) in [6.45, 7) is 14.0. The third kappa shape index (κ3) is 12.9. The first-order valence-electron chi connectivity index (χ1n) is 34.1. The average molecular weight is 1410 g/mol. The number of aliphatic hydroxyl groups excluding tert-OH is 15. The maximum Gasteiger partial charge on any atom is 0.335 e. The molecule has 0 aromatic heterocycles. The van der Waals surface area contributed by atoms with Crippen LogP contribution in [0.3, 0.4) is 0 Å². The van der Waals surface area contributed by atoms with E-state index < -0.39 is 266 Å². The van der Waals surface area contributed by atoms with Gasteiger partial charge in [0.05, 0.1) is 49.8 Å². The second kappa shape index (κ2) is 28.2. The normalized spacial score (nSPS) is 54.0. The quantitative estimate of drug-likeness (QED) is 0.0392. The number of aliphatic carboxylic acids is 1. The minimum Gasteiger partial charge on any atom is -0.479 e. The summed E-state index contributed by atoms with van der Waals surface area (Å²) in [7, 11) is 0. The Bertz CT molecular complexity index is 2870. The van der Waals surface area contributed by atoms with Crippen molar-refractivity contribution in [3.05, 3.63) is 11.6 Å². The molecular formula is C65H102O33. The van der Waals surface area contributed by atoms with E-state index in [4.69, 9.17) is 61.6 Å². The third-order valence-corrected chi connectivity index (χ3v) is 24.7. The largest absolute Gasteiger partial charge is 0.479 e. The Morgan fingerprint density at radius 3 is 1.71 bits per heavy atom. The fourth-order valence-electron chi connectivity index (χ4n) is 18.9. The van der Waals surface area contributed by atoms with Crippen molar-refractivity contribution in [2.24, 2.45) is 44.8 Å². The predicted octanol–water partition coefficient (Wildman–Crippen LogP) is -4.69. The standard InChI is InChI=1S/C65H102O33/c1-23-46(93-53-42(78)35(71)28(69)22-86-53)41(77)45(81)54(87-23)97-51-50(96-55-43(79)37(73)30(21-67)91-55)47(89-25(3)68)24(2)88-58(51)98-59(84)65-17-16-60(4,5)18-27(65)26-10-11-31-61(6)14-13-34(64(9,85)32(61)12-15-62(31,7)63(26,8)19-33(65)70)92-57-49(40(76)39(75)48(94-57)52(82)83)95-56-44(80)38(74)36(72)29(20-66)90-56/h10,23-24,27-51,53-58,66-67,69-81,85H,11-22H2,1-9H3,(H,82,83)/t23-,24+,27-,28+,29+,30+,31-,32+,33+,34-,35-,36-,37-,38-,39-,40-,41-,42+,43+,44+,45+,46-,47-,48-,49+,50-,51+,53-,54-,55-,56-,57+,58-,61+,62+,63+,64-,65+/m0/s1. The van der Waals surface area contributed by atoms with Crippen LogP contribution >= 0.6 is 0 Å². The predicted molar refractivity (Wildman–Crippen MR) is 322 cm³/mol. The summed E-state index contributed by atoms with van der Waals surface area (Å²) in [5.41, 5.74) is -5.12. The summed E-state index contributed by atoms with van der Waals surface area (Å²) in [6.07, 6.45) is -46.9. The molecule has 0 unspecified atom stereocenters. The Kier molecular flexibility index (Phi) is 21.9. The van der Waals surface area contributed by atoms with E-state index in [1.807, 2.05) is 0 Å². The molecule has 11 rings (SSSR count). The summed E-state index contributed by atoms with van der Waals surface area (Å²) in [6, 6.07) is 0. The highest BCUT2D eigenvalue weighted by Crippen LogP contribution is 2.75. The van der Waals surface area contributed by atoms with E-state index in [2.05, 4.69) is 40.7 Å². The molecule has 4 saturated carbocycles. The zero-order valence-corrected chi connectivity index (χ0v) is 56.2. The van der Waals surface area contributed by atoms with Gasteiger partial charge in [0.2, 0.25) is 6.29 Å². The van der Waals surface area contributed by atoms with Crippen LogP contribution in [0.5, 0.6) is 0 Å². The number of ether oxygens (including phenoxy) is 13. The Labute approximate surface area is 565 Å². The van der Waals surface area contributed by atoms with Gasteiger partial charge in [-0.1, -0.05) is 46.3 Å². The number of hydrogen-bond acceptors (Lipinski definition) is 32. The molecule has 560 valence electrons. The van der Waals surface area contributed by atoms with Crippen LogP contribution in [0.15, 0.2) is 11.6 Å². The fourth-order valence-corrected chi connectivity index (χ4v) is 18.9. The van der Waals surface area contributed by atoms with Crippen molar-refractivity contribution in [3.63, 3.8) is 0 Å². The Morgan fingerprint density at radius 1 is 0.531 bits per heavy atom. The Balaban J connectivity index is 0.882. The topological polar surface area (TPSA) is 515 Å². The summed E-state index contributed by atoms with van der Waals surface area (Å²) in [4.78, 5) is 41.5. The number of aliphatic hydroxyl groups is 16. The van der Waals surface area contributed by atoms with Gasteiger partial charge in [0.25, 0.3) is 0 Å². The van der Waals surface area contributed by atoms with Crippen molar-refractivity contribution in [1.82, 2.24) is 0 Å². The monoisotopic (exact) mass is 1410 g/mol. The third-order valence-electron chi connectivity index (χ3n) is 24.7. The molecule has 10 fully saturated rings.